The minimum absolute atomic E-state index is 0.397. The Morgan fingerprint density at radius 2 is 0.738 bits per heavy atom. The number of carbonyl (C=O) groups is 1. The van der Waals surface area contributed by atoms with E-state index in [1.165, 1.54) is 74.3 Å². The van der Waals surface area contributed by atoms with Gasteiger partial charge in [0.05, 0.1) is 40.9 Å². The van der Waals surface area contributed by atoms with Crippen molar-refractivity contribution >= 4 is 5.97 Å². The molecule has 8 heteroatoms. The smallest absolute Gasteiger partial charge is 0.343 e. The van der Waals surface area contributed by atoms with Gasteiger partial charge in [-0.05, 0) is 137 Å². The van der Waals surface area contributed by atoms with Crippen molar-refractivity contribution in [2.24, 2.45) is 0 Å². The van der Waals surface area contributed by atoms with Crippen LogP contribution in [0.15, 0.2) is 97.1 Å². The summed E-state index contributed by atoms with van der Waals surface area (Å²) < 4.78 is 17.8. The average molecular weight is 831 g/mol. The van der Waals surface area contributed by atoms with Crippen molar-refractivity contribution in [1.82, 2.24) is 10.1 Å². The first-order valence-electron chi connectivity index (χ1n) is 23.2. The zero-order valence-electron chi connectivity index (χ0n) is 37.8. The van der Waals surface area contributed by atoms with Gasteiger partial charge < -0.3 is 14.2 Å². The predicted octanol–water partition coefficient (Wildman–Crippen LogP) is 13.5. The van der Waals surface area contributed by atoms with Gasteiger partial charge in [0.15, 0.2) is 0 Å². The second-order valence-corrected chi connectivity index (χ2v) is 18.5. The van der Waals surface area contributed by atoms with Gasteiger partial charge in [-0.2, -0.15) is 0 Å². The quantitative estimate of drug-likeness (QED) is 0.0445. The van der Waals surface area contributed by atoms with Gasteiger partial charge in [0, 0.05) is 0 Å². The van der Waals surface area contributed by atoms with Gasteiger partial charge in [-0.1, -0.05) is 127 Å². The fourth-order valence-corrected chi connectivity index (χ4v) is 9.49. The number of unbranched alkanes of at least 4 members (excludes halogenated alkanes) is 10. The number of ether oxygens (including phenoxy) is 3. The summed E-state index contributed by atoms with van der Waals surface area (Å²) in [6, 6.07) is 30.5. The molecule has 0 aliphatic carbocycles. The molecule has 0 unspecified atom stereocenters. The summed E-state index contributed by atoms with van der Waals surface area (Å²) in [6.45, 7) is 13.9. The van der Waals surface area contributed by atoms with Gasteiger partial charge in [-0.25, -0.2) is 4.79 Å². The molecule has 61 heavy (non-hydrogen) atoms. The maximum atomic E-state index is 14.1. The van der Waals surface area contributed by atoms with E-state index in [0.29, 0.717) is 50.2 Å². The molecule has 2 heterocycles. The number of benzene rings is 4. The summed E-state index contributed by atoms with van der Waals surface area (Å²) >= 11 is 0. The first-order valence-corrected chi connectivity index (χ1v) is 23.2. The van der Waals surface area contributed by atoms with E-state index in [1.54, 1.807) is 24.3 Å². The SMILES string of the molecule is CCCCCCCCOc1ccc([C@@]2(C)CC[C@](C)(c3ccc(OC(=O)c4ccc([C@@]5(C)CC[C@](C)(c6ccc(OCCCCCCCC)cc6)N5[O])cc4)cc3)N2[O])cc1. The molecule has 2 saturated heterocycles. The predicted molar refractivity (Wildman–Crippen MR) is 241 cm³/mol. The molecule has 2 aliphatic rings. The van der Waals surface area contributed by atoms with Gasteiger partial charge in [0.1, 0.15) is 17.2 Å². The highest BCUT2D eigenvalue weighted by Gasteiger charge is 2.54. The molecule has 0 spiro atoms. The molecule has 0 amide bonds. The Morgan fingerprint density at radius 3 is 1.08 bits per heavy atom. The minimum Gasteiger partial charge on any atom is -0.494 e. The highest BCUT2D eigenvalue weighted by molar-refractivity contribution is 5.91. The Labute approximate surface area is 366 Å². The number of hydrogen-bond acceptors (Lipinski definition) is 6. The third-order valence-corrected chi connectivity index (χ3v) is 13.9. The maximum Gasteiger partial charge on any atom is 0.343 e. The van der Waals surface area contributed by atoms with Crippen molar-refractivity contribution < 1.29 is 29.4 Å². The maximum absolute atomic E-state index is 14.1. The molecule has 2 radical (unpaired) electrons. The van der Waals surface area contributed by atoms with Gasteiger partial charge in [-0.3, -0.25) is 0 Å². The summed E-state index contributed by atoms with van der Waals surface area (Å²) in [4.78, 5) is 13.3. The van der Waals surface area contributed by atoms with Crippen LogP contribution in [0, 0.1) is 0 Å². The van der Waals surface area contributed by atoms with Crippen molar-refractivity contribution in [3.05, 3.63) is 125 Å². The van der Waals surface area contributed by atoms with Crippen molar-refractivity contribution in [2.45, 2.75) is 166 Å². The van der Waals surface area contributed by atoms with Crippen LogP contribution in [0.1, 0.15) is 177 Å². The molecule has 0 saturated carbocycles. The lowest BCUT2D eigenvalue weighted by atomic mass is 9.89. The van der Waals surface area contributed by atoms with Crippen LogP contribution >= 0.6 is 0 Å². The zero-order chi connectivity index (χ0) is 43.5. The Bertz CT molecular complexity index is 1970. The standard InChI is InChI=1S/C53H70N2O6/c1-7-9-11-13-15-17-39-59-46-29-23-43(24-30-46)51(4)36-35-50(3,54(51)57)42-21-19-41(20-22-42)49(56)61-48-33-27-45(28-34-48)53(6)38-37-52(5,55(53)58)44-25-31-47(32-26-44)60-40-18-16-14-12-10-8-2/h19-34H,7-18,35-40H2,1-6H3/t50-,51-,52-,53-/m1/s1. The monoisotopic (exact) mass is 831 g/mol. The van der Waals surface area contributed by atoms with Crippen LogP contribution < -0.4 is 14.2 Å². The number of rotatable bonds is 22. The van der Waals surface area contributed by atoms with E-state index in [4.69, 9.17) is 14.2 Å². The van der Waals surface area contributed by atoms with E-state index in [9.17, 15) is 15.2 Å². The summed E-state index contributed by atoms with van der Waals surface area (Å²) in [6.07, 6.45) is 17.5. The zero-order valence-corrected chi connectivity index (χ0v) is 37.8. The highest BCUT2D eigenvalue weighted by Crippen LogP contribution is 2.52. The van der Waals surface area contributed by atoms with Gasteiger partial charge >= 0.3 is 5.97 Å². The topological polar surface area (TPSA) is 91.0 Å². The summed E-state index contributed by atoms with van der Waals surface area (Å²) in [7, 11) is 0. The lowest BCUT2D eigenvalue weighted by Crippen LogP contribution is -2.44. The Hall–Kier alpha value is -4.21. The lowest BCUT2D eigenvalue weighted by molar-refractivity contribution is -0.260. The van der Waals surface area contributed by atoms with Gasteiger partial charge in [0.25, 0.3) is 0 Å². The molecular formula is C53H70N2O6. The third-order valence-electron chi connectivity index (χ3n) is 13.9. The van der Waals surface area contributed by atoms with Crippen molar-refractivity contribution in [3.63, 3.8) is 0 Å². The van der Waals surface area contributed by atoms with E-state index in [0.717, 1.165) is 46.6 Å². The normalized spacial score (nSPS) is 24.3. The summed E-state index contributed by atoms with van der Waals surface area (Å²) in [5.74, 6) is 1.59. The molecule has 2 fully saturated rings. The number of carbonyl (C=O) groups excluding carboxylic acids is 1. The van der Waals surface area contributed by atoms with Crippen LogP contribution in [0.2, 0.25) is 0 Å². The molecule has 4 atom stereocenters. The van der Waals surface area contributed by atoms with E-state index in [-0.39, 0.29) is 0 Å². The molecule has 2 aliphatic heterocycles. The van der Waals surface area contributed by atoms with Crippen molar-refractivity contribution in [1.29, 1.82) is 0 Å². The number of hydroxylamine groups is 4. The number of hydrogen-bond donors (Lipinski definition) is 0. The fourth-order valence-electron chi connectivity index (χ4n) is 9.49. The van der Waals surface area contributed by atoms with Crippen LogP contribution in [0.4, 0.5) is 0 Å². The van der Waals surface area contributed by atoms with Crippen LogP contribution in [0.5, 0.6) is 17.2 Å². The van der Waals surface area contributed by atoms with Crippen LogP contribution in [0.25, 0.3) is 0 Å². The summed E-state index contributed by atoms with van der Waals surface area (Å²) in [5, 5.41) is 30.7. The molecule has 6 rings (SSSR count). The molecule has 8 nitrogen and oxygen atoms in total. The van der Waals surface area contributed by atoms with Crippen molar-refractivity contribution in [2.75, 3.05) is 13.2 Å². The lowest BCUT2D eigenvalue weighted by Gasteiger charge is -2.37. The van der Waals surface area contributed by atoms with Gasteiger partial charge in [0.2, 0.25) is 0 Å². The Morgan fingerprint density at radius 1 is 0.443 bits per heavy atom. The molecule has 0 N–H and O–H groups in total. The molecule has 4 aromatic carbocycles. The minimum atomic E-state index is -0.757. The highest BCUT2D eigenvalue weighted by atomic mass is 16.5. The molecule has 0 bridgehead atoms. The third kappa shape index (κ3) is 10.5. The van der Waals surface area contributed by atoms with Crippen LogP contribution in [0.3, 0.4) is 0 Å². The van der Waals surface area contributed by atoms with Crippen molar-refractivity contribution in [3.8, 4) is 17.2 Å². The number of esters is 1. The number of nitrogens with zero attached hydrogens (tertiary/aromatic N) is 2. The largest absolute Gasteiger partial charge is 0.494 e. The second kappa shape index (κ2) is 20.8. The average Bonchev–Trinajstić information content (AvgIpc) is 3.68. The molecular weight excluding hydrogens is 761 g/mol. The van der Waals surface area contributed by atoms with Crippen LogP contribution in [-0.2, 0) is 32.6 Å². The fraction of sp³-hybridized carbons (Fsp3) is 0.528. The van der Waals surface area contributed by atoms with E-state index < -0.39 is 28.1 Å². The Balaban J connectivity index is 1.01. The van der Waals surface area contributed by atoms with E-state index >= 15 is 0 Å². The van der Waals surface area contributed by atoms with Gasteiger partial charge in [-0.15, -0.1) is 20.5 Å². The first kappa shape index (κ1) is 46.3. The van der Waals surface area contributed by atoms with E-state index in [1.807, 2.05) is 100 Å². The second-order valence-electron chi connectivity index (χ2n) is 18.5. The Kier molecular flexibility index (Phi) is 15.8. The van der Waals surface area contributed by atoms with E-state index in [2.05, 4.69) is 13.8 Å². The molecule has 328 valence electrons. The first-order chi connectivity index (χ1) is 29.4. The molecule has 0 aromatic heterocycles. The van der Waals surface area contributed by atoms with Crippen LogP contribution in [-0.4, -0.2) is 29.3 Å². The summed E-state index contributed by atoms with van der Waals surface area (Å²) in [5.41, 5.74) is 1.20. The molecule has 4 aromatic rings.